The Morgan fingerprint density at radius 3 is 2.52 bits per heavy atom. The number of benzene rings is 2. The summed E-state index contributed by atoms with van der Waals surface area (Å²) in [4.78, 5) is 12.3. The van der Waals surface area contributed by atoms with Crippen LogP contribution in [0.5, 0.6) is 0 Å². The Hall–Kier alpha value is -1.71. The Morgan fingerprint density at radius 1 is 1.17 bits per heavy atom. The Labute approximate surface area is 145 Å². The van der Waals surface area contributed by atoms with Crippen LogP contribution in [0, 0.1) is 6.92 Å². The van der Waals surface area contributed by atoms with Gasteiger partial charge in [-0.25, -0.2) is 4.79 Å². The highest BCUT2D eigenvalue weighted by atomic mass is 35.5. The van der Waals surface area contributed by atoms with Crippen LogP contribution in [0.25, 0.3) is 0 Å². The Balaban J connectivity index is 1.80. The molecule has 2 aromatic carbocycles. The normalized spacial score (nSPS) is 23.7. The van der Waals surface area contributed by atoms with Gasteiger partial charge in [-0.3, -0.25) is 0 Å². The highest BCUT2D eigenvalue weighted by Gasteiger charge is 2.44. The molecule has 0 aromatic heterocycles. The summed E-state index contributed by atoms with van der Waals surface area (Å²) in [6.07, 6.45) is 0.525. The van der Waals surface area contributed by atoms with E-state index in [9.17, 15) is 4.79 Å². The highest BCUT2D eigenvalue weighted by molar-refractivity contribution is 6.33. The van der Waals surface area contributed by atoms with Crippen molar-refractivity contribution in [1.82, 2.24) is 0 Å². The molecule has 3 nitrogen and oxygen atoms in total. The van der Waals surface area contributed by atoms with Crippen molar-refractivity contribution in [2.24, 2.45) is 0 Å². The summed E-state index contributed by atoms with van der Waals surface area (Å²) in [5, 5.41) is 4.44. The van der Waals surface area contributed by atoms with E-state index in [1.54, 1.807) is 12.1 Å². The fourth-order valence-electron chi connectivity index (χ4n) is 2.82. The highest BCUT2D eigenvalue weighted by Crippen LogP contribution is 2.38. The summed E-state index contributed by atoms with van der Waals surface area (Å²) in [7, 11) is 0. The van der Waals surface area contributed by atoms with E-state index in [0.29, 0.717) is 16.5 Å². The van der Waals surface area contributed by atoms with Gasteiger partial charge in [0.2, 0.25) is 0 Å². The first-order valence-corrected chi connectivity index (χ1v) is 8.14. The number of cyclic esters (lactones) is 1. The number of aryl methyl sites for hydroxylation is 1. The molecule has 1 heterocycles. The SMILES string of the molecule is Cc1ccc(NC2CC(C)(c3ccc(Cl)cc3)OC2=O)c(Cl)c1. The number of hydrogen-bond donors (Lipinski definition) is 1. The molecule has 3 rings (SSSR count). The molecule has 2 unspecified atom stereocenters. The van der Waals surface area contributed by atoms with Crippen molar-refractivity contribution >= 4 is 34.9 Å². The van der Waals surface area contributed by atoms with Crippen molar-refractivity contribution < 1.29 is 9.53 Å². The van der Waals surface area contributed by atoms with Crippen molar-refractivity contribution in [2.45, 2.75) is 31.9 Å². The largest absolute Gasteiger partial charge is 0.453 e. The summed E-state index contributed by atoms with van der Waals surface area (Å²) < 4.78 is 5.64. The second-order valence-corrected chi connectivity index (χ2v) is 6.89. The van der Waals surface area contributed by atoms with Gasteiger partial charge in [-0.15, -0.1) is 0 Å². The smallest absolute Gasteiger partial charge is 0.329 e. The molecule has 120 valence electrons. The lowest BCUT2D eigenvalue weighted by Crippen LogP contribution is -2.25. The van der Waals surface area contributed by atoms with Crippen LogP contribution < -0.4 is 5.32 Å². The van der Waals surface area contributed by atoms with Crippen molar-refractivity contribution in [3.8, 4) is 0 Å². The molecular formula is C18H17Cl2NO2. The first-order valence-electron chi connectivity index (χ1n) is 7.39. The Morgan fingerprint density at radius 2 is 1.87 bits per heavy atom. The third kappa shape index (κ3) is 3.31. The van der Waals surface area contributed by atoms with Crippen LogP contribution in [-0.4, -0.2) is 12.0 Å². The lowest BCUT2D eigenvalue weighted by molar-refractivity contribution is -0.148. The number of rotatable bonds is 3. The maximum atomic E-state index is 12.3. The molecule has 23 heavy (non-hydrogen) atoms. The van der Waals surface area contributed by atoms with Gasteiger partial charge in [-0.1, -0.05) is 41.4 Å². The van der Waals surface area contributed by atoms with E-state index in [1.807, 2.05) is 44.2 Å². The standard InChI is InChI=1S/C18H17Cl2NO2/c1-11-3-8-15(14(20)9-11)21-16-10-18(2,23-17(16)22)12-4-6-13(19)7-5-12/h3-9,16,21H,10H2,1-2H3. The maximum Gasteiger partial charge on any atom is 0.329 e. The first-order chi connectivity index (χ1) is 10.9. The fraction of sp³-hybridized carbons (Fsp3) is 0.278. The molecule has 5 heteroatoms. The first kappa shape index (κ1) is 16.2. The Bertz CT molecular complexity index is 745. The summed E-state index contributed by atoms with van der Waals surface area (Å²) in [5.41, 5.74) is 2.06. The number of halogens is 2. The molecule has 1 aliphatic heterocycles. The number of carbonyl (C=O) groups excluding carboxylic acids is 1. The van der Waals surface area contributed by atoms with Gasteiger partial charge >= 0.3 is 5.97 Å². The van der Waals surface area contributed by atoms with Crippen molar-refractivity contribution in [2.75, 3.05) is 5.32 Å². The predicted octanol–water partition coefficient (Wildman–Crippen LogP) is 4.94. The summed E-state index contributed by atoms with van der Waals surface area (Å²) in [5.74, 6) is -0.279. The molecule has 1 N–H and O–H groups in total. The third-order valence-electron chi connectivity index (χ3n) is 4.11. The molecule has 0 saturated carbocycles. The zero-order valence-corrected chi connectivity index (χ0v) is 14.4. The van der Waals surface area contributed by atoms with Gasteiger partial charge in [0.25, 0.3) is 0 Å². The second-order valence-electron chi connectivity index (χ2n) is 6.04. The number of nitrogens with one attached hydrogen (secondary N) is 1. The molecule has 2 aromatic rings. The lowest BCUT2D eigenvalue weighted by Gasteiger charge is -2.23. The van der Waals surface area contributed by atoms with Gasteiger partial charge in [0, 0.05) is 11.4 Å². The topological polar surface area (TPSA) is 38.3 Å². The summed E-state index contributed by atoms with van der Waals surface area (Å²) in [6.45, 7) is 3.88. The van der Waals surface area contributed by atoms with Gasteiger partial charge in [-0.05, 0) is 49.2 Å². The van der Waals surface area contributed by atoms with E-state index >= 15 is 0 Å². The minimum Gasteiger partial charge on any atom is -0.453 e. The summed E-state index contributed by atoms with van der Waals surface area (Å²) >= 11 is 12.2. The van der Waals surface area contributed by atoms with E-state index in [2.05, 4.69) is 5.32 Å². The average Bonchev–Trinajstić information content (AvgIpc) is 2.78. The number of anilines is 1. The zero-order valence-electron chi connectivity index (χ0n) is 12.9. The molecule has 0 bridgehead atoms. The summed E-state index contributed by atoms with van der Waals surface area (Å²) in [6, 6.07) is 12.6. The van der Waals surface area contributed by atoms with Crippen molar-refractivity contribution in [3.05, 3.63) is 63.6 Å². The molecule has 1 saturated heterocycles. The van der Waals surface area contributed by atoms with Gasteiger partial charge in [0.1, 0.15) is 11.6 Å². The number of esters is 1. The molecule has 2 atom stereocenters. The van der Waals surface area contributed by atoms with E-state index in [4.69, 9.17) is 27.9 Å². The van der Waals surface area contributed by atoms with Crippen LogP contribution in [0.1, 0.15) is 24.5 Å². The van der Waals surface area contributed by atoms with E-state index in [-0.39, 0.29) is 5.97 Å². The second kappa shape index (κ2) is 6.06. The fourth-order valence-corrected chi connectivity index (χ4v) is 3.24. The quantitative estimate of drug-likeness (QED) is 0.797. The molecule has 1 fully saturated rings. The van der Waals surface area contributed by atoms with Gasteiger partial charge in [-0.2, -0.15) is 0 Å². The predicted molar refractivity (Wildman–Crippen MR) is 93.1 cm³/mol. The van der Waals surface area contributed by atoms with Crippen molar-refractivity contribution in [3.63, 3.8) is 0 Å². The molecule has 0 radical (unpaired) electrons. The maximum absolute atomic E-state index is 12.3. The van der Waals surface area contributed by atoms with Crippen LogP contribution in [0.3, 0.4) is 0 Å². The molecular weight excluding hydrogens is 333 g/mol. The average molecular weight is 350 g/mol. The number of carbonyl (C=O) groups is 1. The monoisotopic (exact) mass is 349 g/mol. The minimum atomic E-state index is -0.670. The van der Waals surface area contributed by atoms with E-state index < -0.39 is 11.6 Å². The van der Waals surface area contributed by atoms with Crippen LogP contribution in [0.2, 0.25) is 10.0 Å². The third-order valence-corrected chi connectivity index (χ3v) is 4.68. The molecule has 0 aliphatic carbocycles. The van der Waals surface area contributed by atoms with Gasteiger partial charge < -0.3 is 10.1 Å². The van der Waals surface area contributed by atoms with Gasteiger partial charge in [0.05, 0.1) is 10.7 Å². The van der Waals surface area contributed by atoms with E-state index in [1.165, 1.54) is 0 Å². The van der Waals surface area contributed by atoms with Crippen molar-refractivity contribution in [1.29, 1.82) is 0 Å². The van der Waals surface area contributed by atoms with Crippen LogP contribution in [0.4, 0.5) is 5.69 Å². The number of hydrogen-bond acceptors (Lipinski definition) is 3. The van der Waals surface area contributed by atoms with Crippen LogP contribution in [-0.2, 0) is 15.1 Å². The molecule has 0 amide bonds. The Kier molecular flexibility index (Phi) is 4.26. The number of ether oxygens (including phenoxy) is 1. The molecule has 0 spiro atoms. The van der Waals surface area contributed by atoms with Crippen LogP contribution >= 0.6 is 23.2 Å². The van der Waals surface area contributed by atoms with Crippen LogP contribution in [0.15, 0.2) is 42.5 Å². The van der Waals surface area contributed by atoms with E-state index in [0.717, 1.165) is 16.8 Å². The molecule has 1 aliphatic rings. The van der Waals surface area contributed by atoms with Gasteiger partial charge in [0.15, 0.2) is 0 Å². The zero-order chi connectivity index (χ0) is 16.6. The minimum absolute atomic E-state index is 0.279. The lowest BCUT2D eigenvalue weighted by atomic mass is 9.91.